The summed E-state index contributed by atoms with van der Waals surface area (Å²) in [6, 6.07) is 6.33. The largest absolute Gasteiger partial charge is 0.384 e. The fraction of sp³-hybridized carbons (Fsp3) is 0.542. The third kappa shape index (κ3) is 5.11. The number of fused-ring (bicyclic) bond motifs is 1. The maximum atomic E-state index is 12.3. The summed E-state index contributed by atoms with van der Waals surface area (Å²) in [7, 11) is 1.00. The van der Waals surface area contributed by atoms with Crippen LogP contribution < -0.4 is 11.1 Å². The molecule has 2 aliphatic rings. The van der Waals surface area contributed by atoms with E-state index in [0.717, 1.165) is 54.7 Å². The fourth-order valence-electron chi connectivity index (χ4n) is 4.99. The highest BCUT2D eigenvalue weighted by atomic mass is 32.2. The lowest BCUT2D eigenvalue weighted by atomic mass is 9.80. The van der Waals surface area contributed by atoms with Gasteiger partial charge in [-0.05, 0) is 86.5 Å². The first-order chi connectivity index (χ1) is 15.7. The molecule has 0 aliphatic carbocycles. The summed E-state index contributed by atoms with van der Waals surface area (Å²) in [5.41, 5.74) is 10.4. The summed E-state index contributed by atoms with van der Waals surface area (Å²) in [6.45, 7) is 4.57. The van der Waals surface area contributed by atoms with Crippen LogP contribution in [0.25, 0.3) is 11.1 Å². The molecule has 7 nitrogen and oxygen atoms in total. The second-order valence-corrected chi connectivity index (χ2v) is 12.6. The van der Waals surface area contributed by atoms with Crippen LogP contribution in [-0.4, -0.2) is 69.6 Å². The number of carbonyl (C=O) groups is 1. The van der Waals surface area contributed by atoms with Crippen molar-refractivity contribution < 1.29 is 13.2 Å². The van der Waals surface area contributed by atoms with Crippen molar-refractivity contribution in [1.82, 2.24) is 9.21 Å². The summed E-state index contributed by atoms with van der Waals surface area (Å²) in [5.74, 6) is 0.342. The number of piperidine rings is 1. The molecule has 180 valence electrons. The summed E-state index contributed by atoms with van der Waals surface area (Å²) < 4.78 is 26.1. The van der Waals surface area contributed by atoms with Crippen molar-refractivity contribution in [3.8, 4) is 11.1 Å². The van der Waals surface area contributed by atoms with Crippen LogP contribution in [0, 0.1) is 5.92 Å². The minimum Gasteiger partial charge on any atom is -0.384 e. The molecule has 3 N–H and O–H groups in total. The van der Waals surface area contributed by atoms with Crippen molar-refractivity contribution >= 4 is 33.0 Å². The van der Waals surface area contributed by atoms with Gasteiger partial charge in [0.2, 0.25) is 10.0 Å². The molecule has 2 aromatic rings. The van der Waals surface area contributed by atoms with Crippen molar-refractivity contribution in [2.24, 2.45) is 11.7 Å². The Morgan fingerprint density at radius 3 is 2.58 bits per heavy atom. The van der Waals surface area contributed by atoms with E-state index < -0.39 is 15.9 Å². The van der Waals surface area contributed by atoms with Crippen LogP contribution in [-0.2, 0) is 16.4 Å². The van der Waals surface area contributed by atoms with Crippen molar-refractivity contribution in [3.05, 3.63) is 39.6 Å². The van der Waals surface area contributed by atoms with Crippen molar-refractivity contribution in [3.63, 3.8) is 0 Å². The van der Waals surface area contributed by atoms with Gasteiger partial charge in [0.05, 0.1) is 17.0 Å². The van der Waals surface area contributed by atoms with Gasteiger partial charge in [-0.15, -0.1) is 11.3 Å². The number of carbonyl (C=O) groups excluding carboxylic acids is 1. The van der Waals surface area contributed by atoms with Crippen LogP contribution in [0.4, 0.5) is 5.69 Å². The van der Waals surface area contributed by atoms with Crippen molar-refractivity contribution in [2.45, 2.75) is 32.1 Å². The average molecular weight is 491 g/mol. The first-order valence-corrected chi connectivity index (χ1v) is 14.1. The van der Waals surface area contributed by atoms with Crippen LogP contribution in [0.15, 0.2) is 23.6 Å². The van der Waals surface area contributed by atoms with Gasteiger partial charge in [-0.2, -0.15) is 0 Å². The Kier molecular flexibility index (Phi) is 7.14. The summed E-state index contributed by atoms with van der Waals surface area (Å²) in [4.78, 5) is 15.8. The number of sulfonamides is 1. The van der Waals surface area contributed by atoms with Crippen LogP contribution in [0.1, 0.15) is 46.5 Å². The number of anilines is 1. The molecule has 0 saturated carbocycles. The van der Waals surface area contributed by atoms with Crippen molar-refractivity contribution in [2.75, 3.05) is 51.3 Å². The Hall–Kier alpha value is -1.94. The van der Waals surface area contributed by atoms with E-state index in [1.54, 1.807) is 22.6 Å². The highest BCUT2D eigenvalue weighted by Gasteiger charge is 2.36. The number of amides is 1. The second-order valence-electron chi connectivity index (χ2n) is 9.33. The normalized spacial score (nSPS) is 19.6. The molecule has 0 bridgehead atoms. The molecule has 9 heteroatoms. The zero-order valence-corrected chi connectivity index (χ0v) is 21.3. The predicted octanol–water partition coefficient (Wildman–Crippen LogP) is 3.19. The van der Waals surface area contributed by atoms with Gasteiger partial charge in [0.15, 0.2) is 0 Å². The first kappa shape index (κ1) is 24.2. The molecule has 2 aliphatic heterocycles. The lowest BCUT2D eigenvalue weighted by molar-refractivity contribution is 0.100. The number of hydrogen-bond donors (Lipinski definition) is 2. The SMILES string of the molecule is CCS(=O)(=O)N1CCC(C2CNc3c(C(N)=O)cc(-c4csc(CCN(C)C)c4)cc32)CC1. The Labute approximate surface area is 201 Å². The Morgan fingerprint density at radius 1 is 1.21 bits per heavy atom. The number of thiophene rings is 1. The van der Waals surface area contributed by atoms with Gasteiger partial charge in [-0.1, -0.05) is 0 Å². The quantitative estimate of drug-likeness (QED) is 0.593. The van der Waals surface area contributed by atoms with Crippen LogP contribution in [0.5, 0.6) is 0 Å². The number of nitrogens with zero attached hydrogens (tertiary/aromatic N) is 2. The Balaban J connectivity index is 1.60. The fourth-order valence-corrected chi connectivity index (χ4v) is 7.01. The minimum absolute atomic E-state index is 0.147. The smallest absolute Gasteiger partial charge is 0.250 e. The van der Waals surface area contributed by atoms with E-state index in [1.165, 1.54) is 4.88 Å². The van der Waals surface area contributed by atoms with Gasteiger partial charge in [-0.25, -0.2) is 12.7 Å². The molecule has 1 aromatic carbocycles. The van der Waals surface area contributed by atoms with Crippen LogP contribution in [0.2, 0.25) is 0 Å². The average Bonchev–Trinajstić information content (AvgIpc) is 3.44. The molecule has 1 atom stereocenters. The van der Waals surface area contributed by atoms with Crippen molar-refractivity contribution in [1.29, 1.82) is 0 Å². The standard InChI is InChI=1S/C24H34N4O3S2/c1-4-33(30,31)28-9-5-16(6-10-28)22-14-26-23-20(22)12-17(13-21(23)24(25)29)18-11-19(32-15-18)7-8-27(2)3/h11-13,15-16,22,26H,4-10,14H2,1-3H3,(H2,25,29). The van der Waals surface area contributed by atoms with Crippen LogP contribution in [0.3, 0.4) is 0 Å². The lowest BCUT2D eigenvalue weighted by Gasteiger charge is -2.34. The molecular formula is C24H34N4O3S2. The molecule has 33 heavy (non-hydrogen) atoms. The third-order valence-electron chi connectivity index (χ3n) is 6.95. The van der Waals surface area contributed by atoms with Gasteiger partial charge >= 0.3 is 0 Å². The minimum atomic E-state index is -3.14. The van der Waals surface area contributed by atoms with Gasteiger partial charge in [0.25, 0.3) is 5.91 Å². The number of hydrogen-bond acceptors (Lipinski definition) is 6. The van der Waals surface area contributed by atoms with E-state index in [2.05, 4.69) is 41.8 Å². The number of primary amides is 1. The van der Waals surface area contributed by atoms with Gasteiger partial charge in [-0.3, -0.25) is 4.79 Å². The molecule has 1 saturated heterocycles. The molecule has 3 heterocycles. The Morgan fingerprint density at radius 2 is 1.94 bits per heavy atom. The maximum Gasteiger partial charge on any atom is 0.250 e. The number of rotatable bonds is 8. The molecule has 0 spiro atoms. The molecule has 1 amide bonds. The van der Waals surface area contributed by atoms with E-state index in [1.807, 2.05) is 6.07 Å². The number of nitrogens with one attached hydrogen (secondary N) is 1. The molecule has 1 fully saturated rings. The molecule has 1 unspecified atom stereocenters. The molecule has 0 radical (unpaired) electrons. The van der Waals surface area contributed by atoms with E-state index >= 15 is 0 Å². The lowest BCUT2D eigenvalue weighted by Crippen LogP contribution is -2.40. The Bertz CT molecular complexity index is 1120. The van der Waals surface area contributed by atoms with E-state index in [0.29, 0.717) is 24.6 Å². The molecule has 4 rings (SSSR count). The van der Waals surface area contributed by atoms with Crippen LogP contribution >= 0.6 is 11.3 Å². The number of nitrogens with two attached hydrogens (primary N) is 1. The van der Waals surface area contributed by atoms with E-state index in [-0.39, 0.29) is 11.7 Å². The van der Waals surface area contributed by atoms with Gasteiger partial charge in [0, 0.05) is 37.0 Å². The van der Waals surface area contributed by atoms with Gasteiger partial charge in [0.1, 0.15) is 0 Å². The maximum absolute atomic E-state index is 12.3. The zero-order chi connectivity index (χ0) is 23.8. The predicted molar refractivity (Wildman–Crippen MR) is 136 cm³/mol. The van der Waals surface area contributed by atoms with E-state index in [9.17, 15) is 13.2 Å². The molecule has 1 aromatic heterocycles. The third-order valence-corrected chi connectivity index (χ3v) is 9.83. The summed E-state index contributed by atoms with van der Waals surface area (Å²) >= 11 is 1.75. The highest BCUT2D eigenvalue weighted by Crippen LogP contribution is 2.44. The zero-order valence-electron chi connectivity index (χ0n) is 19.6. The summed E-state index contributed by atoms with van der Waals surface area (Å²) in [6.07, 6.45) is 2.65. The topological polar surface area (TPSA) is 95.7 Å². The number of benzene rings is 1. The molecular weight excluding hydrogens is 456 g/mol. The highest BCUT2D eigenvalue weighted by molar-refractivity contribution is 7.89. The second kappa shape index (κ2) is 9.74. The summed E-state index contributed by atoms with van der Waals surface area (Å²) in [5, 5.41) is 5.59. The monoisotopic (exact) mass is 490 g/mol. The van der Waals surface area contributed by atoms with Gasteiger partial charge < -0.3 is 16.0 Å². The number of likely N-dealkylation sites (N-methyl/N-ethyl adjacent to an activating group) is 1. The first-order valence-electron chi connectivity index (χ1n) is 11.6. The van der Waals surface area contributed by atoms with E-state index in [4.69, 9.17) is 5.73 Å².